The summed E-state index contributed by atoms with van der Waals surface area (Å²) in [4.78, 5) is 16.1. The van der Waals surface area contributed by atoms with Crippen molar-refractivity contribution in [1.82, 2.24) is 4.98 Å². The second-order valence-corrected chi connectivity index (χ2v) is 6.52. The van der Waals surface area contributed by atoms with Gasteiger partial charge in [-0.05, 0) is 37.3 Å². The van der Waals surface area contributed by atoms with Gasteiger partial charge in [0, 0.05) is 25.8 Å². The molecule has 0 unspecified atom stereocenters. The summed E-state index contributed by atoms with van der Waals surface area (Å²) in [5.41, 5.74) is 1.85. The van der Waals surface area contributed by atoms with E-state index in [0.717, 1.165) is 25.5 Å². The maximum atomic E-state index is 11.7. The van der Waals surface area contributed by atoms with Gasteiger partial charge in [-0.25, -0.2) is 0 Å². The summed E-state index contributed by atoms with van der Waals surface area (Å²) in [6.07, 6.45) is 0. The first-order chi connectivity index (χ1) is 9.63. The number of benzene rings is 2. The van der Waals surface area contributed by atoms with Gasteiger partial charge in [0.05, 0.1) is 5.03 Å². The van der Waals surface area contributed by atoms with Gasteiger partial charge in [-0.1, -0.05) is 45.9 Å². The highest BCUT2D eigenvalue weighted by molar-refractivity contribution is 9.10. The predicted molar refractivity (Wildman–Crippen MR) is 86.6 cm³/mol. The van der Waals surface area contributed by atoms with Gasteiger partial charge in [0.2, 0.25) is 0 Å². The van der Waals surface area contributed by atoms with E-state index in [-0.39, 0.29) is 5.78 Å². The molecule has 0 aliphatic rings. The number of rotatable bonds is 3. The normalized spacial score (nSPS) is 10.9. The molecule has 0 aliphatic heterocycles. The van der Waals surface area contributed by atoms with Crippen LogP contribution >= 0.6 is 27.7 Å². The molecule has 0 saturated heterocycles. The van der Waals surface area contributed by atoms with Crippen LogP contribution in [-0.4, -0.2) is 10.8 Å². The molecular formula is C16H12BrNOS. The van der Waals surface area contributed by atoms with Crippen molar-refractivity contribution in [2.24, 2.45) is 0 Å². The smallest absolute Gasteiger partial charge is 0.160 e. The average Bonchev–Trinajstić information content (AvgIpc) is 2.82. The lowest BCUT2D eigenvalue weighted by Gasteiger charge is -2.05. The first-order valence-electron chi connectivity index (χ1n) is 6.19. The van der Waals surface area contributed by atoms with Crippen molar-refractivity contribution in [3.05, 3.63) is 58.6 Å². The Labute approximate surface area is 129 Å². The molecule has 0 amide bonds. The zero-order chi connectivity index (χ0) is 14.1. The number of ketones is 1. The van der Waals surface area contributed by atoms with Gasteiger partial charge in [-0.3, -0.25) is 4.79 Å². The van der Waals surface area contributed by atoms with E-state index in [4.69, 9.17) is 0 Å². The summed E-state index contributed by atoms with van der Waals surface area (Å²) < 4.78 is 0.920. The Morgan fingerprint density at radius 2 is 1.95 bits per heavy atom. The van der Waals surface area contributed by atoms with E-state index in [1.165, 1.54) is 5.39 Å². The van der Waals surface area contributed by atoms with Crippen molar-refractivity contribution in [2.45, 2.75) is 16.8 Å². The van der Waals surface area contributed by atoms with E-state index < -0.39 is 0 Å². The maximum absolute atomic E-state index is 11.7. The summed E-state index contributed by atoms with van der Waals surface area (Å²) in [5.74, 6) is 0.0740. The lowest BCUT2D eigenvalue weighted by Crippen LogP contribution is -1.94. The van der Waals surface area contributed by atoms with Gasteiger partial charge in [-0.15, -0.1) is 0 Å². The predicted octanol–water partition coefficient (Wildman–Crippen LogP) is 5.28. The van der Waals surface area contributed by atoms with Crippen molar-refractivity contribution in [3.63, 3.8) is 0 Å². The third-order valence-corrected chi connectivity index (χ3v) is 4.56. The first-order valence-corrected chi connectivity index (χ1v) is 7.80. The number of hydrogen-bond acceptors (Lipinski definition) is 2. The summed E-state index contributed by atoms with van der Waals surface area (Å²) in [6.45, 7) is 1.59. The van der Waals surface area contributed by atoms with Gasteiger partial charge in [0.15, 0.2) is 5.78 Å². The molecule has 4 heteroatoms. The number of para-hydroxylation sites is 1. The minimum absolute atomic E-state index is 0.0740. The highest BCUT2D eigenvalue weighted by Crippen LogP contribution is 2.33. The van der Waals surface area contributed by atoms with Gasteiger partial charge in [0.25, 0.3) is 0 Å². The van der Waals surface area contributed by atoms with E-state index in [0.29, 0.717) is 0 Å². The molecule has 20 heavy (non-hydrogen) atoms. The Kier molecular flexibility index (Phi) is 3.68. The third kappa shape index (κ3) is 2.67. The summed E-state index contributed by atoms with van der Waals surface area (Å²) in [6, 6.07) is 16.0. The molecule has 0 spiro atoms. The molecule has 2 nitrogen and oxygen atoms in total. The Morgan fingerprint density at radius 1 is 1.15 bits per heavy atom. The Morgan fingerprint density at radius 3 is 2.70 bits per heavy atom. The zero-order valence-corrected chi connectivity index (χ0v) is 13.2. The fraction of sp³-hybridized carbons (Fsp3) is 0.0625. The second-order valence-electron chi connectivity index (χ2n) is 4.52. The maximum Gasteiger partial charge on any atom is 0.160 e. The van der Waals surface area contributed by atoms with Gasteiger partial charge in [-0.2, -0.15) is 0 Å². The van der Waals surface area contributed by atoms with Crippen molar-refractivity contribution >= 4 is 44.4 Å². The van der Waals surface area contributed by atoms with Crippen molar-refractivity contribution in [1.29, 1.82) is 0 Å². The van der Waals surface area contributed by atoms with Gasteiger partial charge >= 0.3 is 0 Å². The van der Waals surface area contributed by atoms with E-state index >= 15 is 0 Å². The highest BCUT2D eigenvalue weighted by atomic mass is 79.9. The third-order valence-electron chi connectivity index (χ3n) is 3.05. The van der Waals surface area contributed by atoms with Crippen LogP contribution in [-0.2, 0) is 0 Å². The molecule has 1 heterocycles. The van der Waals surface area contributed by atoms with Crippen LogP contribution in [0.2, 0.25) is 0 Å². The van der Waals surface area contributed by atoms with Crippen molar-refractivity contribution < 1.29 is 4.79 Å². The number of hydrogen-bond donors (Lipinski definition) is 1. The summed E-state index contributed by atoms with van der Waals surface area (Å²) in [7, 11) is 0. The van der Waals surface area contributed by atoms with E-state index in [9.17, 15) is 4.79 Å². The van der Waals surface area contributed by atoms with E-state index in [1.54, 1.807) is 18.7 Å². The molecular weight excluding hydrogens is 334 g/mol. The molecule has 3 rings (SSSR count). The highest BCUT2D eigenvalue weighted by Gasteiger charge is 2.10. The first kappa shape index (κ1) is 13.5. The topological polar surface area (TPSA) is 32.9 Å². The van der Waals surface area contributed by atoms with E-state index in [1.807, 2.05) is 36.4 Å². The number of fused-ring (bicyclic) bond motifs is 1. The summed E-state index contributed by atoms with van der Waals surface area (Å²) in [5, 5.41) is 2.22. The van der Waals surface area contributed by atoms with Crippen LogP contribution in [0.25, 0.3) is 10.9 Å². The number of H-pyrrole nitrogens is 1. The van der Waals surface area contributed by atoms with E-state index in [2.05, 4.69) is 33.0 Å². The lowest BCUT2D eigenvalue weighted by atomic mass is 10.1. The van der Waals surface area contributed by atoms with Crippen LogP contribution < -0.4 is 0 Å². The van der Waals surface area contributed by atoms with Crippen molar-refractivity contribution in [3.8, 4) is 0 Å². The number of aromatic nitrogens is 1. The molecule has 0 saturated carbocycles. The molecule has 1 aromatic heterocycles. The number of Topliss-reactive ketones (excluding diaryl/α,β-unsaturated/α-hetero) is 1. The Hall–Kier alpha value is -1.52. The molecule has 0 fully saturated rings. The second kappa shape index (κ2) is 5.46. The largest absolute Gasteiger partial charge is 0.349 e. The quantitative estimate of drug-likeness (QED) is 0.654. The minimum atomic E-state index is 0.0740. The fourth-order valence-electron chi connectivity index (χ4n) is 2.09. The standard InChI is InChI=1S/C16H12BrNOS/c1-10(19)13-9-12(17)6-7-15(13)20-16-8-11-4-2-3-5-14(11)18-16/h2-9,18H,1H3. The number of nitrogens with one attached hydrogen (secondary N) is 1. The number of carbonyl (C=O) groups excluding carboxylic acids is 1. The van der Waals surface area contributed by atoms with Crippen LogP contribution in [0.3, 0.4) is 0 Å². The van der Waals surface area contributed by atoms with Crippen LogP contribution in [0.1, 0.15) is 17.3 Å². The van der Waals surface area contributed by atoms with Crippen LogP contribution in [0.5, 0.6) is 0 Å². The van der Waals surface area contributed by atoms with Gasteiger partial charge < -0.3 is 4.98 Å². The zero-order valence-electron chi connectivity index (χ0n) is 10.8. The van der Waals surface area contributed by atoms with Crippen molar-refractivity contribution in [2.75, 3.05) is 0 Å². The summed E-state index contributed by atoms with van der Waals surface area (Å²) >= 11 is 4.99. The molecule has 1 N–H and O–H groups in total. The van der Waals surface area contributed by atoms with Gasteiger partial charge in [0.1, 0.15) is 0 Å². The number of carbonyl (C=O) groups is 1. The molecule has 0 atom stereocenters. The SMILES string of the molecule is CC(=O)c1cc(Br)ccc1Sc1cc2ccccc2[nH]1. The molecule has 0 radical (unpaired) electrons. The molecule has 100 valence electrons. The minimum Gasteiger partial charge on any atom is -0.349 e. The molecule has 0 bridgehead atoms. The average molecular weight is 346 g/mol. The molecule has 3 aromatic rings. The Bertz CT molecular complexity index is 761. The van der Waals surface area contributed by atoms with Crippen LogP contribution in [0.15, 0.2) is 62.9 Å². The lowest BCUT2D eigenvalue weighted by molar-refractivity contribution is 0.101. The number of aromatic amines is 1. The van der Waals surface area contributed by atoms with Crippen LogP contribution in [0, 0.1) is 0 Å². The molecule has 0 aliphatic carbocycles. The monoisotopic (exact) mass is 345 g/mol. The fourth-order valence-corrected chi connectivity index (χ4v) is 3.48. The molecule has 2 aromatic carbocycles. The Balaban J connectivity index is 2.00. The number of halogens is 1. The van der Waals surface area contributed by atoms with Crippen LogP contribution in [0.4, 0.5) is 0 Å².